The van der Waals surface area contributed by atoms with E-state index in [4.69, 9.17) is 5.11 Å². The number of carbonyl (C=O) groups is 1. The van der Waals surface area contributed by atoms with E-state index in [9.17, 15) is 4.79 Å². The lowest BCUT2D eigenvalue weighted by Crippen LogP contribution is -2.10. The summed E-state index contributed by atoms with van der Waals surface area (Å²) in [5.41, 5.74) is 0.213. The molecule has 0 radical (unpaired) electrons. The van der Waals surface area contributed by atoms with Gasteiger partial charge in [-0.3, -0.25) is 0 Å². The fourth-order valence-electron chi connectivity index (χ4n) is 1.31. The zero-order valence-corrected chi connectivity index (χ0v) is 9.62. The average Bonchev–Trinajstić information content (AvgIpc) is 2.99. The third kappa shape index (κ3) is 2.68. The molecule has 0 unspecified atom stereocenters. The van der Waals surface area contributed by atoms with Crippen LogP contribution in [-0.2, 0) is 0 Å². The summed E-state index contributed by atoms with van der Waals surface area (Å²) in [4.78, 5) is 15.0. The Kier molecular flexibility index (Phi) is 2.90. The zero-order chi connectivity index (χ0) is 10.8. The number of aromatic carboxylic acids is 1. The van der Waals surface area contributed by atoms with Crippen LogP contribution in [0, 0.1) is 5.92 Å². The van der Waals surface area contributed by atoms with E-state index in [1.807, 2.05) is 0 Å². The largest absolute Gasteiger partial charge is 0.478 e. The van der Waals surface area contributed by atoms with Crippen LogP contribution in [0.1, 0.15) is 23.2 Å². The van der Waals surface area contributed by atoms with Crippen LogP contribution in [0.3, 0.4) is 0 Å². The number of carboxylic acids is 1. The predicted molar refractivity (Wildman–Crippen MR) is 60.1 cm³/mol. The third-order valence-electron chi connectivity index (χ3n) is 2.34. The van der Waals surface area contributed by atoms with Crippen molar-refractivity contribution in [2.75, 3.05) is 11.9 Å². The molecule has 1 heterocycles. The summed E-state index contributed by atoms with van der Waals surface area (Å²) in [7, 11) is 0. The lowest BCUT2D eigenvalue weighted by molar-refractivity contribution is 0.0697. The van der Waals surface area contributed by atoms with Crippen molar-refractivity contribution in [2.45, 2.75) is 12.8 Å². The van der Waals surface area contributed by atoms with E-state index in [1.54, 1.807) is 12.3 Å². The number of nitrogens with one attached hydrogen (secondary N) is 1. The Morgan fingerprint density at radius 1 is 1.67 bits per heavy atom. The van der Waals surface area contributed by atoms with Gasteiger partial charge in [0.1, 0.15) is 11.4 Å². The van der Waals surface area contributed by atoms with Crippen molar-refractivity contribution in [1.29, 1.82) is 0 Å². The maximum atomic E-state index is 10.9. The molecule has 0 aromatic carbocycles. The van der Waals surface area contributed by atoms with Crippen LogP contribution in [0.5, 0.6) is 0 Å². The molecule has 5 heteroatoms. The Balaban J connectivity index is 2.15. The van der Waals surface area contributed by atoms with Crippen LogP contribution in [0.25, 0.3) is 0 Å². The predicted octanol–water partition coefficient (Wildman–Crippen LogP) is 2.36. The van der Waals surface area contributed by atoms with Crippen LogP contribution in [0.4, 0.5) is 5.82 Å². The average molecular weight is 271 g/mol. The number of halogens is 1. The van der Waals surface area contributed by atoms with Crippen molar-refractivity contribution in [3.63, 3.8) is 0 Å². The number of pyridine rings is 1. The van der Waals surface area contributed by atoms with Gasteiger partial charge in [-0.2, -0.15) is 0 Å². The highest BCUT2D eigenvalue weighted by molar-refractivity contribution is 9.10. The summed E-state index contributed by atoms with van der Waals surface area (Å²) in [6, 6.07) is 1.56. The molecule has 1 aromatic rings. The third-order valence-corrected chi connectivity index (χ3v) is 2.77. The minimum Gasteiger partial charge on any atom is -0.478 e. The van der Waals surface area contributed by atoms with Crippen molar-refractivity contribution in [1.82, 2.24) is 4.98 Å². The van der Waals surface area contributed by atoms with Crippen LogP contribution in [-0.4, -0.2) is 22.6 Å². The first-order valence-electron chi connectivity index (χ1n) is 4.79. The van der Waals surface area contributed by atoms with Crippen LogP contribution < -0.4 is 5.32 Å². The van der Waals surface area contributed by atoms with Crippen molar-refractivity contribution in [3.8, 4) is 0 Å². The van der Waals surface area contributed by atoms with E-state index < -0.39 is 5.97 Å². The minimum absolute atomic E-state index is 0.213. The number of aromatic nitrogens is 1. The molecule has 0 amide bonds. The van der Waals surface area contributed by atoms with Gasteiger partial charge in [0.2, 0.25) is 0 Å². The van der Waals surface area contributed by atoms with E-state index in [0.29, 0.717) is 16.2 Å². The molecule has 0 aliphatic heterocycles. The minimum atomic E-state index is -0.956. The maximum absolute atomic E-state index is 10.9. The summed E-state index contributed by atoms with van der Waals surface area (Å²) in [5, 5.41) is 12.0. The SMILES string of the molecule is O=C(O)c1cc(Br)cnc1NCC1CC1. The smallest absolute Gasteiger partial charge is 0.339 e. The normalized spacial score (nSPS) is 15.0. The standard InChI is InChI=1S/C10H11BrN2O2/c11-7-3-8(10(14)15)9(13-5-7)12-4-6-1-2-6/h3,5-6H,1-2,4H2,(H,12,13)(H,14,15). The summed E-state index contributed by atoms with van der Waals surface area (Å²) < 4.78 is 0.678. The lowest BCUT2D eigenvalue weighted by atomic mass is 10.2. The van der Waals surface area contributed by atoms with Gasteiger partial charge in [-0.15, -0.1) is 0 Å². The molecular formula is C10H11BrN2O2. The first kappa shape index (κ1) is 10.4. The van der Waals surface area contributed by atoms with Gasteiger partial charge in [0, 0.05) is 17.2 Å². The van der Waals surface area contributed by atoms with E-state index in [1.165, 1.54) is 12.8 Å². The van der Waals surface area contributed by atoms with Gasteiger partial charge in [0.15, 0.2) is 0 Å². The number of anilines is 1. The summed E-state index contributed by atoms with van der Waals surface area (Å²) in [5.74, 6) is 0.191. The monoisotopic (exact) mass is 270 g/mol. The topological polar surface area (TPSA) is 62.2 Å². The fourth-order valence-corrected chi connectivity index (χ4v) is 1.64. The second-order valence-electron chi connectivity index (χ2n) is 3.68. The first-order valence-corrected chi connectivity index (χ1v) is 5.59. The Morgan fingerprint density at radius 2 is 2.40 bits per heavy atom. The highest BCUT2D eigenvalue weighted by Crippen LogP contribution is 2.29. The van der Waals surface area contributed by atoms with Gasteiger partial charge in [-0.05, 0) is 40.8 Å². The van der Waals surface area contributed by atoms with Gasteiger partial charge in [-0.1, -0.05) is 0 Å². The Morgan fingerprint density at radius 3 is 3.00 bits per heavy atom. The van der Waals surface area contributed by atoms with E-state index >= 15 is 0 Å². The molecule has 1 aliphatic carbocycles. The molecule has 0 saturated heterocycles. The van der Waals surface area contributed by atoms with E-state index in [2.05, 4.69) is 26.2 Å². The van der Waals surface area contributed by atoms with Crippen molar-refractivity contribution in [3.05, 3.63) is 22.3 Å². The summed E-state index contributed by atoms with van der Waals surface area (Å²) in [6.07, 6.45) is 4.06. The number of carboxylic acid groups (broad SMARTS) is 1. The second-order valence-corrected chi connectivity index (χ2v) is 4.59. The van der Waals surface area contributed by atoms with Crippen LogP contribution >= 0.6 is 15.9 Å². The Bertz CT molecular complexity index is 391. The summed E-state index contributed by atoms with van der Waals surface area (Å²) in [6.45, 7) is 0.814. The molecule has 2 N–H and O–H groups in total. The van der Waals surface area contributed by atoms with Gasteiger partial charge >= 0.3 is 5.97 Å². The Hall–Kier alpha value is -1.10. The second kappa shape index (κ2) is 4.18. The molecule has 1 saturated carbocycles. The van der Waals surface area contributed by atoms with Gasteiger partial charge in [-0.25, -0.2) is 9.78 Å². The molecule has 2 rings (SSSR count). The maximum Gasteiger partial charge on any atom is 0.339 e. The molecule has 15 heavy (non-hydrogen) atoms. The molecule has 0 spiro atoms. The van der Waals surface area contributed by atoms with Crippen LogP contribution in [0.15, 0.2) is 16.7 Å². The molecule has 1 aliphatic rings. The molecule has 0 bridgehead atoms. The Labute approximate surface area is 95.8 Å². The number of rotatable bonds is 4. The first-order chi connectivity index (χ1) is 7.16. The molecule has 1 aromatic heterocycles. The van der Waals surface area contributed by atoms with Crippen LogP contribution in [0.2, 0.25) is 0 Å². The molecular weight excluding hydrogens is 260 g/mol. The molecule has 1 fully saturated rings. The molecule has 80 valence electrons. The van der Waals surface area contributed by atoms with Gasteiger partial charge < -0.3 is 10.4 Å². The molecule has 0 atom stereocenters. The number of nitrogens with zero attached hydrogens (tertiary/aromatic N) is 1. The number of hydrogen-bond donors (Lipinski definition) is 2. The van der Waals surface area contributed by atoms with Gasteiger partial charge in [0.25, 0.3) is 0 Å². The molecule has 4 nitrogen and oxygen atoms in total. The van der Waals surface area contributed by atoms with Crippen molar-refractivity contribution < 1.29 is 9.90 Å². The lowest BCUT2D eigenvalue weighted by Gasteiger charge is -2.07. The van der Waals surface area contributed by atoms with E-state index in [-0.39, 0.29) is 5.56 Å². The number of hydrogen-bond acceptors (Lipinski definition) is 3. The fraction of sp³-hybridized carbons (Fsp3) is 0.400. The highest BCUT2D eigenvalue weighted by Gasteiger charge is 2.22. The zero-order valence-electron chi connectivity index (χ0n) is 8.03. The van der Waals surface area contributed by atoms with Crippen molar-refractivity contribution >= 4 is 27.7 Å². The van der Waals surface area contributed by atoms with Crippen molar-refractivity contribution in [2.24, 2.45) is 5.92 Å². The highest BCUT2D eigenvalue weighted by atomic mass is 79.9. The summed E-state index contributed by atoms with van der Waals surface area (Å²) >= 11 is 3.20. The van der Waals surface area contributed by atoms with Gasteiger partial charge in [0.05, 0.1) is 0 Å². The van der Waals surface area contributed by atoms with E-state index in [0.717, 1.165) is 6.54 Å². The quantitative estimate of drug-likeness (QED) is 0.882.